The normalized spacial score (nSPS) is 19.0. The maximum absolute atomic E-state index is 13.1. The number of anilines is 5. The highest BCUT2D eigenvalue weighted by atomic mass is 16.2. The van der Waals surface area contributed by atoms with Crippen molar-refractivity contribution in [2.45, 2.75) is 45.6 Å². The van der Waals surface area contributed by atoms with Crippen molar-refractivity contribution in [1.29, 1.82) is 0 Å². The summed E-state index contributed by atoms with van der Waals surface area (Å²) in [5.74, 6) is 1.84. The lowest BCUT2D eigenvalue weighted by Gasteiger charge is -2.34. The Morgan fingerprint density at radius 1 is 1.26 bits per heavy atom. The van der Waals surface area contributed by atoms with E-state index >= 15 is 0 Å². The maximum atomic E-state index is 13.1. The van der Waals surface area contributed by atoms with Gasteiger partial charge in [-0.3, -0.25) is 9.89 Å². The molecule has 2 aliphatic rings. The topological polar surface area (TPSA) is 116 Å². The van der Waals surface area contributed by atoms with Crippen molar-refractivity contribution in [3.8, 4) is 0 Å². The molecule has 0 atom stereocenters. The Kier molecular flexibility index (Phi) is 4.49. The van der Waals surface area contributed by atoms with Crippen LogP contribution in [0.25, 0.3) is 10.9 Å². The minimum atomic E-state index is -0.504. The molecule has 2 aromatic heterocycles. The molecule has 3 aromatic rings. The van der Waals surface area contributed by atoms with Crippen molar-refractivity contribution < 1.29 is 4.79 Å². The predicted molar refractivity (Wildman–Crippen MR) is 123 cm³/mol. The number of carbonyl (C=O) groups is 1. The first-order chi connectivity index (χ1) is 14.8. The molecule has 1 aliphatic heterocycles. The van der Waals surface area contributed by atoms with Gasteiger partial charge in [0.05, 0.1) is 17.1 Å². The van der Waals surface area contributed by atoms with Gasteiger partial charge in [0.1, 0.15) is 5.69 Å². The largest absolute Gasteiger partial charge is 0.382 e. The molecule has 0 radical (unpaired) electrons. The van der Waals surface area contributed by atoms with Crippen LogP contribution in [0.1, 0.15) is 39.5 Å². The first-order valence-electron chi connectivity index (χ1n) is 10.8. The molecule has 1 saturated carbocycles. The molecular weight excluding hydrogens is 392 g/mol. The average Bonchev–Trinajstić information content (AvgIpc) is 3.40. The number of fused-ring (bicyclic) bond motifs is 2. The monoisotopic (exact) mass is 420 g/mol. The number of nitrogens with zero attached hydrogens (tertiary/aromatic N) is 5. The first-order valence-corrected chi connectivity index (χ1v) is 10.8. The molecule has 1 amide bonds. The number of hydrogen-bond acceptors (Lipinski definition) is 7. The average molecular weight is 421 g/mol. The van der Waals surface area contributed by atoms with Gasteiger partial charge in [-0.15, -0.1) is 0 Å². The van der Waals surface area contributed by atoms with Crippen molar-refractivity contribution in [2.24, 2.45) is 5.41 Å². The number of carbonyl (C=O) groups excluding carboxylic acids is 1. The second-order valence-corrected chi connectivity index (χ2v) is 9.21. The SMILES string of the molecule is CN1C(=O)C(C)(C)CN(C2CCCC2)c2nc(Nc3ccc4[nH]nc(N)c4c3)ncc21. The van der Waals surface area contributed by atoms with Crippen LogP contribution in [0.2, 0.25) is 0 Å². The molecule has 162 valence electrons. The van der Waals surface area contributed by atoms with Gasteiger partial charge in [0.2, 0.25) is 11.9 Å². The van der Waals surface area contributed by atoms with Crippen molar-refractivity contribution in [2.75, 3.05) is 34.4 Å². The van der Waals surface area contributed by atoms with E-state index in [1.54, 1.807) is 11.1 Å². The van der Waals surface area contributed by atoms with Crippen molar-refractivity contribution >= 4 is 45.8 Å². The second kappa shape index (κ2) is 7.11. The van der Waals surface area contributed by atoms with Crippen LogP contribution in [0.15, 0.2) is 24.4 Å². The summed E-state index contributed by atoms with van der Waals surface area (Å²) < 4.78 is 0. The standard InChI is InChI=1S/C22H28N8O/c1-22(2)12-30(14-6-4-5-7-14)19-17(29(3)20(22)31)11-24-21(26-19)25-13-8-9-16-15(10-13)18(23)28-27-16/h8-11,14H,4-7,12H2,1-3H3,(H3,23,27,28)(H,24,25,26). The maximum Gasteiger partial charge on any atom is 0.234 e. The molecule has 9 heteroatoms. The van der Waals surface area contributed by atoms with E-state index in [2.05, 4.69) is 25.4 Å². The molecular formula is C22H28N8O. The smallest absolute Gasteiger partial charge is 0.234 e. The minimum absolute atomic E-state index is 0.0828. The van der Waals surface area contributed by atoms with E-state index in [1.165, 1.54) is 12.8 Å². The van der Waals surface area contributed by atoms with E-state index < -0.39 is 5.41 Å². The van der Waals surface area contributed by atoms with Crippen molar-refractivity contribution in [1.82, 2.24) is 20.2 Å². The number of benzene rings is 1. The molecule has 1 aliphatic carbocycles. The zero-order valence-corrected chi connectivity index (χ0v) is 18.1. The zero-order valence-electron chi connectivity index (χ0n) is 18.1. The fraction of sp³-hybridized carbons (Fsp3) is 0.455. The molecule has 3 heterocycles. The number of nitrogens with one attached hydrogen (secondary N) is 2. The summed E-state index contributed by atoms with van der Waals surface area (Å²) in [6.45, 7) is 4.66. The summed E-state index contributed by atoms with van der Waals surface area (Å²) >= 11 is 0. The lowest BCUT2D eigenvalue weighted by Crippen LogP contribution is -2.45. The van der Waals surface area contributed by atoms with Gasteiger partial charge in [-0.25, -0.2) is 4.98 Å². The number of aromatic nitrogens is 4. The van der Waals surface area contributed by atoms with E-state index in [0.717, 1.165) is 40.9 Å². The van der Waals surface area contributed by atoms with Crippen LogP contribution >= 0.6 is 0 Å². The summed E-state index contributed by atoms with van der Waals surface area (Å²) in [6.07, 6.45) is 6.41. The minimum Gasteiger partial charge on any atom is -0.382 e. The second-order valence-electron chi connectivity index (χ2n) is 9.21. The number of H-pyrrole nitrogens is 1. The van der Waals surface area contributed by atoms with Crippen LogP contribution in [0.5, 0.6) is 0 Å². The molecule has 9 nitrogen and oxygen atoms in total. The fourth-order valence-electron chi connectivity index (χ4n) is 4.77. The number of amides is 1. The molecule has 0 saturated heterocycles. The van der Waals surface area contributed by atoms with Gasteiger partial charge in [-0.1, -0.05) is 12.8 Å². The number of nitrogen functional groups attached to an aromatic ring is 1. The van der Waals surface area contributed by atoms with Gasteiger partial charge in [0, 0.05) is 30.7 Å². The Labute approximate surface area is 181 Å². The number of nitrogens with two attached hydrogens (primary N) is 1. The van der Waals surface area contributed by atoms with Crippen LogP contribution in [-0.2, 0) is 4.79 Å². The molecule has 0 unspecified atom stereocenters. The Bertz CT molecular complexity index is 1150. The van der Waals surface area contributed by atoms with Crippen LogP contribution in [0.3, 0.4) is 0 Å². The molecule has 1 aromatic carbocycles. The van der Waals surface area contributed by atoms with Crippen LogP contribution < -0.4 is 20.9 Å². The lowest BCUT2D eigenvalue weighted by molar-refractivity contribution is -0.125. The third kappa shape index (κ3) is 3.34. The highest BCUT2D eigenvalue weighted by Crippen LogP contribution is 2.40. The Morgan fingerprint density at radius 3 is 2.81 bits per heavy atom. The summed E-state index contributed by atoms with van der Waals surface area (Å²) in [4.78, 5) is 26.5. The number of aromatic amines is 1. The molecule has 4 N–H and O–H groups in total. The Hall–Kier alpha value is -3.36. The number of hydrogen-bond donors (Lipinski definition) is 3. The van der Waals surface area contributed by atoms with Crippen molar-refractivity contribution in [3.63, 3.8) is 0 Å². The highest BCUT2D eigenvalue weighted by molar-refractivity contribution is 6.01. The third-order valence-electron chi connectivity index (χ3n) is 6.45. The van der Waals surface area contributed by atoms with Crippen LogP contribution in [0.4, 0.5) is 29.0 Å². The summed E-state index contributed by atoms with van der Waals surface area (Å²) in [5, 5.41) is 11.1. The van der Waals surface area contributed by atoms with E-state index in [1.807, 2.05) is 39.1 Å². The van der Waals surface area contributed by atoms with Gasteiger partial charge < -0.3 is 20.9 Å². The summed E-state index contributed by atoms with van der Waals surface area (Å²) in [5.41, 5.74) is 7.89. The zero-order chi connectivity index (χ0) is 21.8. The van der Waals surface area contributed by atoms with E-state index in [0.29, 0.717) is 24.4 Å². The third-order valence-corrected chi connectivity index (χ3v) is 6.45. The Balaban J connectivity index is 1.54. The lowest BCUT2D eigenvalue weighted by atomic mass is 9.91. The van der Waals surface area contributed by atoms with Gasteiger partial charge in [-0.05, 0) is 44.9 Å². The molecule has 0 spiro atoms. The van der Waals surface area contributed by atoms with Gasteiger partial charge in [0.15, 0.2) is 11.6 Å². The van der Waals surface area contributed by atoms with Gasteiger partial charge >= 0.3 is 0 Å². The van der Waals surface area contributed by atoms with Gasteiger partial charge in [-0.2, -0.15) is 10.1 Å². The summed E-state index contributed by atoms with van der Waals surface area (Å²) in [6, 6.07) is 6.17. The highest BCUT2D eigenvalue weighted by Gasteiger charge is 2.41. The van der Waals surface area contributed by atoms with Gasteiger partial charge in [0.25, 0.3) is 0 Å². The molecule has 0 bridgehead atoms. The quantitative estimate of drug-likeness (QED) is 0.594. The van der Waals surface area contributed by atoms with Crippen molar-refractivity contribution in [3.05, 3.63) is 24.4 Å². The predicted octanol–water partition coefficient (Wildman–Crippen LogP) is 3.43. The first kappa shape index (κ1) is 19.6. The van der Waals surface area contributed by atoms with Crippen LogP contribution in [0, 0.1) is 5.41 Å². The van der Waals surface area contributed by atoms with E-state index in [-0.39, 0.29) is 5.91 Å². The fourth-order valence-corrected chi connectivity index (χ4v) is 4.77. The van der Waals surface area contributed by atoms with Crippen LogP contribution in [-0.4, -0.2) is 45.7 Å². The molecule has 31 heavy (non-hydrogen) atoms. The summed E-state index contributed by atoms with van der Waals surface area (Å²) in [7, 11) is 1.81. The Morgan fingerprint density at radius 2 is 2.03 bits per heavy atom. The van der Waals surface area contributed by atoms with E-state index in [4.69, 9.17) is 10.7 Å². The van der Waals surface area contributed by atoms with E-state index in [9.17, 15) is 4.79 Å². The number of rotatable bonds is 3. The molecule has 1 fully saturated rings. The molecule has 5 rings (SSSR count).